The zero-order valence-corrected chi connectivity index (χ0v) is 16.4. The molecule has 0 saturated heterocycles. The zero-order chi connectivity index (χ0) is 17.6. The standard InChI is InChI=1S/C16H22F3N3O2.HI/c1-3-23-9-8-21-15(20-2)22-13-10-12(13)11-6-4-5-7-14(11)24-16(17,18)19;/h4-7,12-13H,3,8-10H2,1-2H3,(H2,20,21,22);1H. The van der Waals surface area contributed by atoms with Crippen molar-refractivity contribution in [3.8, 4) is 5.75 Å². The van der Waals surface area contributed by atoms with Gasteiger partial charge in [-0.05, 0) is 25.0 Å². The second-order valence-corrected chi connectivity index (χ2v) is 5.37. The van der Waals surface area contributed by atoms with Gasteiger partial charge in [-0.15, -0.1) is 37.1 Å². The average Bonchev–Trinajstić information content (AvgIpc) is 3.28. The van der Waals surface area contributed by atoms with Gasteiger partial charge >= 0.3 is 6.36 Å². The van der Waals surface area contributed by atoms with E-state index in [1.54, 1.807) is 19.2 Å². The van der Waals surface area contributed by atoms with Crippen LogP contribution in [0.25, 0.3) is 0 Å². The monoisotopic (exact) mass is 473 g/mol. The number of benzene rings is 1. The quantitative estimate of drug-likeness (QED) is 0.277. The van der Waals surface area contributed by atoms with Crippen LogP contribution in [0.15, 0.2) is 29.3 Å². The fourth-order valence-electron chi connectivity index (χ4n) is 2.46. The Morgan fingerprint density at radius 3 is 2.68 bits per heavy atom. The lowest BCUT2D eigenvalue weighted by Gasteiger charge is -2.14. The highest BCUT2D eigenvalue weighted by molar-refractivity contribution is 14.0. The second-order valence-electron chi connectivity index (χ2n) is 5.37. The van der Waals surface area contributed by atoms with Crippen LogP contribution < -0.4 is 15.4 Å². The number of hydrogen-bond acceptors (Lipinski definition) is 3. The Morgan fingerprint density at radius 2 is 2.04 bits per heavy atom. The zero-order valence-electron chi connectivity index (χ0n) is 14.1. The van der Waals surface area contributed by atoms with Gasteiger partial charge in [0.2, 0.25) is 0 Å². The Bertz CT molecular complexity index is 570. The minimum absolute atomic E-state index is 0. The molecule has 1 aromatic rings. The summed E-state index contributed by atoms with van der Waals surface area (Å²) in [6, 6.07) is 6.28. The van der Waals surface area contributed by atoms with Crippen molar-refractivity contribution in [3.63, 3.8) is 0 Å². The van der Waals surface area contributed by atoms with E-state index in [4.69, 9.17) is 4.74 Å². The van der Waals surface area contributed by atoms with Crippen molar-refractivity contribution in [1.29, 1.82) is 0 Å². The molecule has 0 aromatic heterocycles. The number of nitrogens with one attached hydrogen (secondary N) is 2. The van der Waals surface area contributed by atoms with Gasteiger partial charge in [-0.1, -0.05) is 18.2 Å². The molecule has 2 unspecified atom stereocenters. The fourth-order valence-corrected chi connectivity index (χ4v) is 2.46. The third kappa shape index (κ3) is 7.27. The predicted octanol–water partition coefficient (Wildman–Crippen LogP) is 3.26. The number of halogens is 4. The summed E-state index contributed by atoms with van der Waals surface area (Å²) in [6.07, 6.45) is -3.96. The normalized spacial score (nSPS) is 19.8. The molecule has 0 heterocycles. The van der Waals surface area contributed by atoms with Crippen LogP contribution in [0, 0.1) is 0 Å². The van der Waals surface area contributed by atoms with Crippen LogP contribution in [-0.2, 0) is 4.74 Å². The molecule has 2 N–H and O–H groups in total. The number of ether oxygens (including phenoxy) is 2. The maximum Gasteiger partial charge on any atom is 0.573 e. The Balaban J connectivity index is 0.00000312. The number of aliphatic imine (C=N–C) groups is 1. The topological polar surface area (TPSA) is 54.9 Å². The van der Waals surface area contributed by atoms with E-state index in [9.17, 15) is 13.2 Å². The first-order valence-corrected chi connectivity index (χ1v) is 7.84. The molecule has 142 valence electrons. The molecular weight excluding hydrogens is 450 g/mol. The highest BCUT2D eigenvalue weighted by atomic mass is 127. The van der Waals surface area contributed by atoms with Crippen LogP contribution in [0.1, 0.15) is 24.8 Å². The van der Waals surface area contributed by atoms with E-state index < -0.39 is 6.36 Å². The molecule has 1 aliphatic rings. The largest absolute Gasteiger partial charge is 0.573 e. The van der Waals surface area contributed by atoms with Crippen molar-refractivity contribution in [2.45, 2.75) is 31.7 Å². The van der Waals surface area contributed by atoms with Gasteiger partial charge in [0.25, 0.3) is 0 Å². The smallest absolute Gasteiger partial charge is 0.405 e. The van der Waals surface area contributed by atoms with Gasteiger partial charge in [-0.3, -0.25) is 4.99 Å². The molecule has 0 aliphatic heterocycles. The average molecular weight is 473 g/mol. The fraction of sp³-hybridized carbons (Fsp3) is 0.562. The lowest BCUT2D eigenvalue weighted by Crippen LogP contribution is -2.40. The molecule has 1 fully saturated rings. The van der Waals surface area contributed by atoms with Gasteiger partial charge in [0, 0.05) is 32.2 Å². The molecular formula is C16H23F3IN3O2. The Kier molecular flexibility index (Phi) is 8.77. The van der Waals surface area contributed by atoms with Crippen LogP contribution in [0.3, 0.4) is 0 Å². The van der Waals surface area contributed by atoms with Crippen LogP contribution in [-0.4, -0.2) is 45.2 Å². The first-order valence-electron chi connectivity index (χ1n) is 7.84. The summed E-state index contributed by atoms with van der Waals surface area (Å²) >= 11 is 0. The minimum atomic E-state index is -4.69. The van der Waals surface area contributed by atoms with Gasteiger partial charge in [0.05, 0.1) is 6.61 Å². The Labute approximate surface area is 162 Å². The van der Waals surface area contributed by atoms with E-state index in [0.717, 1.165) is 6.42 Å². The van der Waals surface area contributed by atoms with Crippen molar-refractivity contribution in [2.24, 2.45) is 4.99 Å². The molecule has 5 nitrogen and oxygen atoms in total. The number of alkyl halides is 3. The third-order valence-electron chi connectivity index (χ3n) is 3.62. The summed E-state index contributed by atoms with van der Waals surface area (Å²) in [5.74, 6) is 0.434. The van der Waals surface area contributed by atoms with E-state index in [1.807, 2.05) is 6.92 Å². The van der Waals surface area contributed by atoms with Crippen LogP contribution >= 0.6 is 24.0 Å². The maximum atomic E-state index is 12.5. The summed E-state index contributed by atoms with van der Waals surface area (Å²) in [5.41, 5.74) is 0.553. The van der Waals surface area contributed by atoms with Crippen LogP contribution in [0.2, 0.25) is 0 Å². The summed E-state index contributed by atoms with van der Waals surface area (Å²) < 4.78 is 46.8. The van der Waals surface area contributed by atoms with Crippen LogP contribution in [0.4, 0.5) is 13.2 Å². The molecule has 0 spiro atoms. The summed E-state index contributed by atoms with van der Waals surface area (Å²) in [6.45, 7) is 3.74. The van der Waals surface area contributed by atoms with Crippen molar-refractivity contribution in [3.05, 3.63) is 29.8 Å². The molecule has 1 aromatic carbocycles. The van der Waals surface area contributed by atoms with Crippen molar-refractivity contribution in [2.75, 3.05) is 26.8 Å². The van der Waals surface area contributed by atoms with Crippen LogP contribution in [0.5, 0.6) is 5.75 Å². The maximum absolute atomic E-state index is 12.5. The molecule has 1 saturated carbocycles. The molecule has 1 aliphatic carbocycles. The summed E-state index contributed by atoms with van der Waals surface area (Å²) in [4.78, 5) is 4.10. The lowest BCUT2D eigenvalue weighted by molar-refractivity contribution is -0.274. The Morgan fingerprint density at radius 1 is 1.32 bits per heavy atom. The van der Waals surface area contributed by atoms with E-state index in [2.05, 4.69) is 20.4 Å². The molecule has 25 heavy (non-hydrogen) atoms. The van der Waals surface area contributed by atoms with E-state index >= 15 is 0 Å². The number of rotatable bonds is 7. The van der Waals surface area contributed by atoms with Crippen molar-refractivity contribution >= 4 is 29.9 Å². The van der Waals surface area contributed by atoms with E-state index in [-0.39, 0.29) is 41.7 Å². The van der Waals surface area contributed by atoms with Crippen molar-refractivity contribution in [1.82, 2.24) is 10.6 Å². The predicted molar refractivity (Wildman–Crippen MR) is 101 cm³/mol. The highest BCUT2D eigenvalue weighted by Crippen LogP contribution is 2.45. The number of hydrogen-bond donors (Lipinski definition) is 2. The first-order chi connectivity index (χ1) is 11.4. The van der Waals surface area contributed by atoms with E-state index in [1.165, 1.54) is 12.1 Å². The number of para-hydroxylation sites is 1. The number of guanidine groups is 1. The van der Waals surface area contributed by atoms with Gasteiger partial charge in [-0.2, -0.15) is 0 Å². The van der Waals surface area contributed by atoms with Gasteiger partial charge in [0.15, 0.2) is 5.96 Å². The van der Waals surface area contributed by atoms with Gasteiger partial charge in [0.1, 0.15) is 5.75 Å². The Hall–Kier alpha value is -1.23. The van der Waals surface area contributed by atoms with Gasteiger partial charge in [-0.25, -0.2) is 0 Å². The highest BCUT2D eigenvalue weighted by Gasteiger charge is 2.42. The second kappa shape index (κ2) is 10.0. The molecule has 9 heteroatoms. The van der Waals surface area contributed by atoms with Crippen molar-refractivity contribution < 1.29 is 22.6 Å². The third-order valence-corrected chi connectivity index (χ3v) is 3.62. The molecule has 0 bridgehead atoms. The van der Waals surface area contributed by atoms with Gasteiger partial charge < -0.3 is 20.1 Å². The molecule has 2 rings (SSSR count). The summed E-state index contributed by atoms with van der Waals surface area (Å²) in [5, 5.41) is 6.31. The molecule has 0 amide bonds. The number of nitrogens with zero attached hydrogens (tertiary/aromatic N) is 1. The molecule has 2 atom stereocenters. The SMILES string of the molecule is CCOCCNC(=NC)NC1CC1c1ccccc1OC(F)(F)F.I. The summed E-state index contributed by atoms with van der Waals surface area (Å²) in [7, 11) is 1.65. The van der Waals surface area contributed by atoms with E-state index in [0.29, 0.717) is 31.3 Å². The first kappa shape index (κ1) is 21.8. The molecule has 0 radical (unpaired) electrons. The minimum Gasteiger partial charge on any atom is -0.405 e. The lowest BCUT2D eigenvalue weighted by atomic mass is 10.1.